The minimum absolute atomic E-state index is 0.0100. The molecule has 36 heavy (non-hydrogen) atoms. The number of carbonyl (C=O) groups is 2. The number of carbonyl (C=O) groups excluding carboxylic acids is 2. The molecule has 1 aromatic carbocycles. The summed E-state index contributed by atoms with van der Waals surface area (Å²) in [6, 6.07) is 4.49. The van der Waals surface area contributed by atoms with Gasteiger partial charge in [0.25, 0.3) is 0 Å². The van der Waals surface area contributed by atoms with Crippen molar-refractivity contribution >= 4 is 17.9 Å². The third-order valence-electron chi connectivity index (χ3n) is 8.72. The van der Waals surface area contributed by atoms with Crippen LogP contribution in [0.2, 0.25) is 0 Å². The fourth-order valence-electron chi connectivity index (χ4n) is 7.06. The first-order chi connectivity index (χ1) is 17.4. The Morgan fingerprint density at radius 1 is 1.17 bits per heavy atom. The number of imide groups is 1. The van der Waals surface area contributed by atoms with Crippen LogP contribution in [0.3, 0.4) is 0 Å². The van der Waals surface area contributed by atoms with E-state index in [1.54, 1.807) is 11.0 Å². The lowest BCUT2D eigenvalue weighted by atomic mass is 9.68. The molecule has 5 nitrogen and oxygen atoms in total. The molecule has 2 saturated heterocycles. The summed E-state index contributed by atoms with van der Waals surface area (Å²) in [7, 11) is 0. The number of likely N-dealkylation sites (tertiary alicyclic amines) is 1. The zero-order valence-corrected chi connectivity index (χ0v) is 21.5. The van der Waals surface area contributed by atoms with E-state index in [1.165, 1.54) is 29.7 Å². The Morgan fingerprint density at radius 3 is 2.67 bits per heavy atom. The van der Waals surface area contributed by atoms with E-state index in [2.05, 4.69) is 6.92 Å². The number of benzene rings is 1. The summed E-state index contributed by atoms with van der Waals surface area (Å²) in [5.41, 5.74) is 4.44. The number of hydrogen-bond donors (Lipinski definition) is 1. The highest BCUT2D eigenvalue weighted by atomic mass is 19.1. The molecular formula is C30H38FNO4. The van der Waals surface area contributed by atoms with Crippen LogP contribution in [0.15, 0.2) is 34.9 Å². The minimum atomic E-state index is -0.623. The number of hydrogen-bond acceptors (Lipinski definition) is 4. The zero-order chi connectivity index (χ0) is 25.4. The number of nitrogens with zero attached hydrogens (tertiary/aromatic N) is 1. The Bertz CT molecular complexity index is 1090. The highest BCUT2D eigenvalue weighted by Crippen LogP contribution is 2.51. The summed E-state index contributed by atoms with van der Waals surface area (Å²) < 4.78 is 20.0. The van der Waals surface area contributed by atoms with Crippen LogP contribution in [0.4, 0.5) is 4.39 Å². The van der Waals surface area contributed by atoms with Crippen molar-refractivity contribution < 1.29 is 23.8 Å². The van der Waals surface area contributed by atoms with Gasteiger partial charge in [0.1, 0.15) is 0 Å². The Hall–Kier alpha value is -2.47. The topological polar surface area (TPSA) is 66.8 Å². The van der Waals surface area contributed by atoms with Crippen molar-refractivity contribution in [3.8, 4) is 5.75 Å². The second-order valence-corrected chi connectivity index (χ2v) is 11.2. The van der Waals surface area contributed by atoms with Crippen molar-refractivity contribution in [2.45, 2.75) is 90.2 Å². The van der Waals surface area contributed by atoms with Gasteiger partial charge in [-0.1, -0.05) is 55.9 Å². The molecule has 6 heteroatoms. The normalized spacial score (nSPS) is 29.2. The van der Waals surface area contributed by atoms with Crippen LogP contribution in [0.1, 0.15) is 83.6 Å². The average Bonchev–Trinajstić information content (AvgIpc) is 3.39. The average molecular weight is 496 g/mol. The molecule has 3 fully saturated rings. The summed E-state index contributed by atoms with van der Waals surface area (Å²) in [4.78, 5) is 28.8. The van der Waals surface area contributed by atoms with Gasteiger partial charge in [0.05, 0.1) is 24.5 Å². The molecule has 0 radical (unpaired) electrons. The summed E-state index contributed by atoms with van der Waals surface area (Å²) >= 11 is 0. The van der Waals surface area contributed by atoms with Crippen LogP contribution >= 0.6 is 0 Å². The van der Waals surface area contributed by atoms with Crippen LogP contribution in [-0.2, 0) is 14.3 Å². The van der Waals surface area contributed by atoms with E-state index < -0.39 is 5.82 Å². The maximum atomic E-state index is 13.7. The molecule has 5 rings (SSSR count). The van der Waals surface area contributed by atoms with Crippen LogP contribution in [0.25, 0.3) is 6.08 Å². The quantitative estimate of drug-likeness (QED) is 0.363. The standard InChI is InChI=1S/C30H38FNO4/c1-3-7-20-16-22-28(30(35)32(29(22)34)21-8-5-4-6-9-21)23-17-36-26(27(20)23)13-10-18(2)14-19-11-12-25(33)24(31)15-19/h11-12,14-15,21-23,26,28,33H,3-10,13,16-17H2,1-2H3/b18-14+/t22-,23+,26-,28-/m1/s1. The van der Waals surface area contributed by atoms with Gasteiger partial charge in [-0.05, 0) is 68.7 Å². The third kappa shape index (κ3) is 4.65. The molecule has 0 aromatic heterocycles. The maximum Gasteiger partial charge on any atom is 0.234 e. The second-order valence-electron chi connectivity index (χ2n) is 11.2. The molecule has 2 amide bonds. The molecule has 0 unspecified atom stereocenters. The van der Waals surface area contributed by atoms with Crippen molar-refractivity contribution in [2.75, 3.05) is 6.61 Å². The van der Waals surface area contributed by atoms with E-state index >= 15 is 0 Å². The molecule has 1 saturated carbocycles. The first kappa shape index (κ1) is 25.2. The Balaban J connectivity index is 1.33. The van der Waals surface area contributed by atoms with E-state index in [-0.39, 0.29) is 47.5 Å². The van der Waals surface area contributed by atoms with Gasteiger partial charge < -0.3 is 9.84 Å². The molecule has 1 aromatic rings. The van der Waals surface area contributed by atoms with E-state index in [9.17, 15) is 19.1 Å². The van der Waals surface area contributed by atoms with Gasteiger partial charge in [-0.25, -0.2) is 4.39 Å². The van der Waals surface area contributed by atoms with E-state index in [1.807, 2.05) is 13.0 Å². The number of amides is 2. The second kappa shape index (κ2) is 10.5. The summed E-state index contributed by atoms with van der Waals surface area (Å²) in [6.07, 6.45) is 11.4. The first-order valence-corrected chi connectivity index (χ1v) is 13.7. The fraction of sp³-hybridized carbons (Fsp3) is 0.600. The smallest absolute Gasteiger partial charge is 0.234 e. The van der Waals surface area contributed by atoms with Crippen LogP contribution in [-0.4, -0.2) is 40.6 Å². The highest BCUT2D eigenvalue weighted by molar-refractivity contribution is 6.06. The number of phenolic OH excluding ortho intramolecular Hbond substituents is 1. The van der Waals surface area contributed by atoms with E-state index in [0.29, 0.717) is 13.0 Å². The number of aromatic hydroxyl groups is 1. The lowest BCUT2D eigenvalue weighted by molar-refractivity contribution is -0.143. The van der Waals surface area contributed by atoms with Gasteiger partial charge in [-0.2, -0.15) is 0 Å². The largest absolute Gasteiger partial charge is 0.505 e. The Morgan fingerprint density at radius 2 is 1.94 bits per heavy atom. The highest BCUT2D eigenvalue weighted by Gasteiger charge is 2.57. The number of ether oxygens (including phenoxy) is 1. The van der Waals surface area contributed by atoms with Gasteiger partial charge in [0, 0.05) is 12.0 Å². The van der Waals surface area contributed by atoms with Crippen molar-refractivity contribution in [3.05, 3.63) is 46.3 Å². The molecule has 194 valence electrons. The van der Waals surface area contributed by atoms with Crippen molar-refractivity contribution in [1.29, 1.82) is 0 Å². The molecule has 1 N–H and O–H groups in total. The monoisotopic (exact) mass is 495 g/mol. The van der Waals surface area contributed by atoms with Gasteiger partial charge >= 0.3 is 0 Å². The number of allylic oxidation sites excluding steroid dienone is 2. The lowest BCUT2D eigenvalue weighted by Crippen LogP contribution is -2.42. The zero-order valence-electron chi connectivity index (χ0n) is 21.5. The molecule has 0 spiro atoms. The Labute approximate surface area is 213 Å². The van der Waals surface area contributed by atoms with Gasteiger partial charge in [-0.15, -0.1) is 0 Å². The molecule has 4 atom stereocenters. The molecule has 2 heterocycles. The Kier molecular flexibility index (Phi) is 7.34. The van der Waals surface area contributed by atoms with Gasteiger partial charge in [0.2, 0.25) is 11.8 Å². The van der Waals surface area contributed by atoms with Crippen molar-refractivity contribution in [1.82, 2.24) is 4.90 Å². The number of halogens is 1. The van der Waals surface area contributed by atoms with E-state index in [0.717, 1.165) is 62.5 Å². The first-order valence-electron chi connectivity index (χ1n) is 13.7. The molecule has 0 bridgehead atoms. The van der Waals surface area contributed by atoms with Gasteiger partial charge in [0.15, 0.2) is 11.6 Å². The maximum absolute atomic E-state index is 13.7. The van der Waals surface area contributed by atoms with Crippen LogP contribution in [0, 0.1) is 23.6 Å². The molecular weight excluding hydrogens is 457 g/mol. The summed E-state index contributed by atoms with van der Waals surface area (Å²) in [5, 5.41) is 9.43. The van der Waals surface area contributed by atoms with Crippen molar-refractivity contribution in [3.63, 3.8) is 0 Å². The number of rotatable bonds is 7. The number of phenols is 1. The third-order valence-corrected chi connectivity index (χ3v) is 8.72. The van der Waals surface area contributed by atoms with Crippen LogP contribution in [0.5, 0.6) is 5.75 Å². The summed E-state index contributed by atoms with van der Waals surface area (Å²) in [6.45, 7) is 4.70. The predicted octanol–water partition coefficient (Wildman–Crippen LogP) is 6.16. The van der Waals surface area contributed by atoms with Gasteiger partial charge in [-0.3, -0.25) is 14.5 Å². The minimum Gasteiger partial charge on any atom is -0.505 e. The molecule has 2 aliphatic carbocycles. The van der Waals surface area contributed by atoms with E-state index in [4.69, 9.17) is 4.74 Å². The summed E-state index contributed by atoms with van der Waals surface area (Å²) in [5.74, 6) is -1.33. The molecule has 2 aliphatic heterocycles. The SMILES string of the molecule is CCCC1=C2[C@@H](CC/C(C)=C/c3ccc(O)c(F)c3)OC[C@@H]2[C@@H]2C(=O)N(C3CCCCC3)C(=O)[C@@H]2C1. The fourth-order valence-corrected chi connectivity index (χ4v) is 7.06. The predicted molar refractivity (Wildman–Crippen MR) is 136 cm³/mol. The number of fused-ring (bicyclic) bond motifs is 3. The lowest BCUT2D eigenvalue weighted by Gasteiger charge is -2.32. The molecule has 4 aliphatic rings. The van der Waals surface area contributed by atoms with Crippen LogP contribution < -0.4 is 0 Å². The van der Waals surface area contributed by atoms with Crippen molar-refractivity contribution in [2.24, 2.45) is 17.8 Å².